The second kappa shape index (κ2) is 12.5. The minimum atomic E-state index is 0. The molecule has 0 saturated heterocycles. The van der Waals surface area contributed by atoms with Crippen LogP contribution in [0.15, 0.2) is 140 Å². The van der Waals surface area contributed by atoms with E-state index in [4.69, 9.17) is 4.74 Å². The molecule has 4 nitrogen and oxygen atoms in total. The van der Waals surface area contributed by atoms with Crippen LogP contribution >= 0.6 is 0 Å². The van der Waals surface area contributed by atoms with E-state index in [0.717, 1.165) is 51.0 Å². The van der Waals surface area contributed by atoms with Gasteiger partial charge >= 0.3 is 21.1 Å². The van der Waals surface area contributed by atoms with Gasteiger partial charge in [0, 0.05) is 5.75 Å². The van der Waals surface area contributed by atoms with Gasteiger partial charge in [-0.1, -0.05) is 59.8 Å². The van der Waals surface area contributed by atoms with Gasteiger partial charge in [-0.3, -0.25) is 4.57 Å². The first-order chi connectivity index (χ1) is 20.8. The van der Waals surface area contributed by atoms with E-state index >= 15 is 0 Å². The minimum absolute atomic E-state index is 0. The first kappa shape index (κ1) is 28.2. The summed E-state index contributed by atoms with van der Waals surface area (Å²) in [5.74, 6) is 1.65. The standard InChI is InChI=1S/C20H15N2.C18H11NO.Pt/c1-16-11-13-18(14-12-16)22-15-21(17-7-3-2-4-8-17)19-9-5-6-10-20(19)22;1-2-8-14(9-3-1)19-15-10-4-6-12-17(15)20-18-13-7-5-11-16(18)19;/h2-7,9-14H,1H3;1-8,10,12-13H;/q-1;-2;+4. The second-order valence-corrected chi connectivity index (χ2v) is 9.88. The molecule has 1 aromatic heterocycles. The minimum Gasteiger partial charge on any atom is -0.513 e. The smallest absolute Gasteiger partial charge is 0.513 e. The number of ether oxygens (including phenoxy) is 1. The third-order valence-corrected chi connectivity index (χ3v) is 7.07. The number of rotatable bonds is 3. The van der Waals surface area contributed by atoms with Crippen molar-refractivity contribution in [2.45, 2.75) is 6.92 Å². The van der Waals surface area contributed by atoms with Crippen molar-refractivity contribution in [2.24, 2.45) is 0 Å². The number of anilines is 3. The molecule has 0 amide bonds. The molecule has 0 N–H and O–H groups in total. The predicted molar refractivity (Wildman–Crippen MR) is 166 cm³/mol. The topological polar surface area (TPSA) is 21.3 Å². The molecule has 8 rings (SSSR count). The fourth-order valence-electron chi connectivity index (χ4n) is 5.06. The average Bonchev–Trinajstić information content (AvgIpc) is 3.45. The number of imidazole rings is 1. The van der Waals surface area contributed by atoms with Gasteiger partial charge < -0.3 is 14.2 Å². The summed E-state index contributed by atoms with van der Waals surface area (Å²) < 4.78 is 10.1. The van der Waals surface area contributed by atoms with Crippen LogP contribution in [0.2, 0.25) is 0 Å². The number of hydrogen-bond acceptors (Lipinski definition) is 2. The molecule has 0 radical (unpaired) electrons. The van der Waals surface area contributed by atoms with Crippen molar-refractivity contribution in [3.63, 3.8) is 0 Å². The Morgan fingerprint density at radius 3 is 2.02 bits per heavy atom. The summed E-state index contributed by atoms with van der Waals surface area (Å²) in [6.45, 7) is 2.10. The van der Waals surface area contributed by atoms with Gasteiger partial charge in [-0.2, -0.15) is 72.8 Å². The Labute approximate surface area is 266 Å². The van der Waals surface area contributed by atoms with Crippen molar-refractivity contribution in [1.29, 1.82) is 0 Å². The van der Waals surface area contributed by atoms with Crippen molar-refractivity contribution in [3.05, 3.63) is 170 Å². The molecule has 2 heterocycles. The first-order valence-corrected chi connectivity index (χ1v) is 13.8. The molecule has 0 bridgehead atoms. The molecule has 0 spiro atoms. The average molecular weight is 736 g/mol. The normalized spacial score (nSPS) is 11.3. The third-order valence-electron chi connectivity index (χ3n) is 7.07. The second-order valence-electron chi connectivity index (χ2n) is 9.88. The van der Waals surface area contributed by atoms with E-state index < -0.39 is 0 Å². The number of aryl methyl sites for hydroxylation is 1. The van der Waals surface area contributed by atoms with E-state index in [9.17, 15) is 0 Å². The zero-order valence-corrected chi connectivity index (χ0v) is 25.6. The summed E-state index contributed by atoms with van der Waals surface area (Å²) >= 11 is 0. The molecule has 5 heteroatoms. The number of benzene rings is 6. The van der Waals surface area contributed by atoms with Gasteiger partial charge in [0.05, 0.1) is 22.4 Å². The maximum absolute atomic E-state index is 5.94. The zero-order valence-electron chi connectivity index (χ0n) is 23.3. The summed E-state index contributed by atoms with van der Waals surface area (Å²) in [6.07, 6.45) is 3.44. The maximum Gasteiger partial charge on any atom is 4.00 e. The monoisotopic (exact) mass is 735 g/mol. The summed E-state index contributed by atoms with van der Waals surface area (Å²) in [7, 11) is 0. The molecule has 0 atom stereocenters. The third kappa shape index (κ3) is 5.62. The molecule has 0 fully saturated rings. The number of nitrogens with zero attached hydrogens (tertiary/aromatic N) is 3. The molecule has 6 aromatic carbocycles. The summed E-state index contributed by atoms with van der Waals surface area (Å²) in [5, 5.41) is 0. The summed E-state index contributed by atoms with van der Waals surface area (Å²) in [4.78, 5) is 2.12. The molecule has 0 aliphatic carbocycles. The molecule has 7 aromatic rings. The van der Waals surface area contributed by atoms with Gasteiger partial charge in [0.25, 0.3) is 6.33 Å². The number of hydrogen-bond donors (Lipinski definition) is 0. The summed E-state index contributed by atoms with van der Waals surface area (Å²) in [5.41, 5.74) is 8.49. The zero-order chi connectivity index (χ0) is 28.3. The van der Waals surface area contributed by atoms with Crippen molar-refractivity contribution < 1.29 is 30.4 Å². The van der Waals surface area contributed by atoms with E-state index in [2.05, 4.69) is 94.0 Å². The molecular formula is C38H26N3OPt+. The fourth-order valence-corrected chi connectivity index (χ4v) is 5.06. The van der Waals surface area contributed by atoms with Gasteiger partial charge in [0.1, 0.15) is 5.75 Å². The van der Waals surface area contributed by atoms with E-state index in [-0.39, 0.29) is 21.1 Å². The Morgan fingerprint density at radius 2 is 1.26 bits per heavy atom. The van der Waals surface area contributed by atoms with Crippen molar-refractivity contribution in [1.82, 2.24) is 4.57 Å². The predicted octanol–water partition coefficient (Wildman–Crippen LogP) is 8.68. The molecule has 0 unspecified atom stereocenters. The summed E-state index contributed by atoms with van der Waals surface area (Å²) in [6, 6.07) is 56.3. The van der Waals surface area contributed by atoms with E-state index in [0.29, 0.717) is 0 Å². The van der Waals surface area contributed by atoms with Crippen LogP contribution < -0.4 is 14.2 Å². The molecule has 1 aliphatic heterocycles. The van der Waals surface area contributed by atoms with E-state index in [1.165, 1.54) is 5.56 Å². The van der Waals surface area contributed by atoms with Crippen molar-refractivity contribution >= 4 is 28.1 Å². The van der Waals surface area contributed by atoms with Crippen LogP contribution in [0.5, 0.6) is 11.5 Å². The van der Waals surface area contributed by atoms with Crippen molar-refractivity contribution in [3.8, 4) is 22.9 Å². The largest absolute Gasteiger partial charge is 4.00 e. The maximum atomic E-state index is 5.94. The molecule has 0 saturated carbocycles. The van der Waals surface area contributed by atoms with Crippen LogP contribution in [0, 0.1) is 31.5 Å². The number of aromatic nitrogens is 2. The first-order valence-electron chi connectivity index (χ1n) is 13.8. The van der Waals surface area contributed by atoms with Gasteiger partial charge in [0.2, 0.25) is 0 Å². The number of fused-ring (bicyclic) bond motifs is 3. The Morgan fingerprint density at radius 1 is 0.605 bits per heavy atom. The quantitative estimate of drug-likeness (QED) is 0.134. The van der Waals surface area contributed by atoms with E-state index in [1.807, 2.05) is 91.0 Å². The van der Waals surface area contributed by atoms with Crippen LogP contribution in [0.1, 0.15) is 5.56 Å². The molecule has 1 aliphatic rings. The van der Waals surface area contributed by atoms with Crippen LogP contribution in [-0.2, 0) is 21.1 Å². The Balaban J connectivity index is 0.000000150. The molecular weight excluding hydrogens is 710 g/mol. The van der Waals surface area contributed by atoms with Gasteiger partial charge in [0.15, 0.2) is 0 Å². The Bertz CT molecular complexity index is 1920. The van der Waals surface area contributed by atoms with Crippen LogP contribution in [0.4, 0.5) is 17.1 Å². The SMILES string of the molecule is Cc1ccc(-[n+]2[c-]n(-c3[c-]cccc3)c3ccccc32)cc1.[Pt+4].[c-]1ccccc1N1c2[c-]cccc2Oc2ccccc21. The van der Waals surface area contributed by atoms with Gasteiger partial charge in [-0.05, 0) is 42.6 Å². The molecule has 43 heavy (non-hydrogen) atoms. The molecule has 208 valence electrons. The van der Waals surface area contributed by atoms with Crippen LogP contribution in [0.3, 0.4) is 0 Å². The number of para-hydroxylation sites is 7. The van der Waals surface area contributed by atoms with Gasteiger partial charge in [-0.15, -0.1) is 12.1 Å². The van der Waals surface area contributed by atoms with E-state index in [1.54, 1.807) is 0 Å². The van der Waals surface area contributed by atoms with Gasteiger partial charge in [-0.25, -0.2) is 0 Å². The Kier molecular flexibility index (Phi) is 8.22. The Hall–Kier alpha value is -4.92. The van der Waals surface area contributed by atoms with Crippen molar-refractivity contribution in [2.75, 3.05) is 4.90 Å². The van der Waals surface area contributed by atoms with Crippen LogP contribution in [-0.4, -0.2) is 4.57 Å². The fraction of sp³-hybridized carbons (Fsp3) is 0.0263. The van der Waals surface area contributed by atoms with Crippen LogP contribution in [0.25, 0.3) is 22.4 Å².